The summed E-state index contributed by atoms with van der Waals surface area (Å²) < 4.78 is 38.2. The molecule has 0 bridgehead atoms. The zero-order valence-electron chi connectivity index (χ0n) is 20.6. The largest absolute Gasteiger partial charge is 0.495 e. The van der Waals surface area contributed by atoms with Crippen LogP contribution in [0.4, 0.5) is 8.78 Å². The minimum atomic E-state index is -2.51. The number of aliphatic hydroxyl groups is 2. The van der Waals surface area contributed by atoms with E-state index in [9.17, 15) is 19.1 Å². The number of hydrogen-bond acceptors (Lipinski definition) is 7. The number of halogens is 2. The number of aliphatic hydroxyl groups excluding tert-OH is 1. The first kappa shape index (κ1) is 26.5. The van der Waals surface area contributed by atoms with Gasteiger partial charge >= 0.3 is 0 Å². The monoisotopic (exact) mass is 509 g/mol. The second-order valence-corrected chi connectivity index (χ2v) is 8.95. The molecule has 4 unspecified atom stereocenters. The Morgan fingerprint density at radius 2 is 1.86 bits per heavy atom. The molecule has 3 aromatic rings. The SMILES string of the molecule is CO.COc1cncc2c1C1(O)C(CNCC(F)F)CC(c3ccccc3)C1(c1ccc(C#N)cc1)O2. The lowest BCUT2D eigenvalue weighted by Gasteiger charge is -2.42. The zero-order chi connectivity index (χ0) is 26.6. The highest BCUT2D eigenvalue weighted by atomic mass is 19.3. The van der Waals surface area contributed by atoms with Gasteiger partial charge in [0.2, 0.25) is 0 Å². The molecule has 9 heteroatoms. The highest BCUT2D eigenvalue weighted by molar-refractivity contribution is 5.58. The summed E-state index contributed by atoms with van der Waals surface area (Å²) in [5, 5.41) is 31.9. The van der Waals surface area contributed by atoms with Crippen molar-refractivity contribution in [3.05, 3.63) is 89.2 Å². The fraction of sp³-hybridized carbons (Fsp3) is 0.357. The molecular formula is C28H29F2N3O4. The van der Waals surface area contributed by atoms with Gasteiger partial charge in [-0.3, -0.25) is 4.98 Å². The number of hydrogen-bond donors (Lipinski definition) is 3. The van der Waals surface area contributed by atoms with Gasteiger partial charge in [-0.05, 0) is 29.7 Å². The Morgan fingerprint density at radius 3 is 2.49 bits per heavy atom. The Morgan fingerprint density at radius 1 is 1.16 bits per heavy atom. The summed E-state index contributed by atoms with van der Waals surface area (Å²) in [7, 11) is 2.50. The minimum absolute atomic E-state index is 0.149. The molecule has 7 nitrogen and oxygen atoms in total. The molecule has 1 aliphatic carbocycles. The van der Waals surface area contributed by atoms with Crippen molar-refractivity contribution >= 4 is 0 Å². The van der Waals surface area contributed by atoms with Crippen LogP contribution in [-0.4, -0.2) is 48.9 Å². The van der Waals surface area contributed by atoms with Crippen LogP contribution in [0.3, 0.4) is 0 Å². The van der Waals surface area contributed by atoms with Crippen LogP contribution >= 0.6 is 0 Å². The number of pyridine rings is 1. The molecule has 1 fully saturated rings. The average Bonchev–Trinajstić information content (AvgIpc) is 3.35. The van der Waals surface area contributed by atoms with Gasteiger partial charge in [0.1, 0.15) is 17.1 Å². The lowest BCUT2D eigenvalue weighted by Crippen LogP contribution is -2.52. The van der Waals surface area contributed by atoms with Crippen molar-refractivity contribution in [2.45, 2.75) is 30.0 Å². The highest BCUT2D eigenvalue weighted by Gasteiger charge is 2.73. The van der Waals surface area contributed by atoms with Crippen LogP contribution in [0.1, 0.15) is 34.6 Å². The molecule has 0 spiro atoms. The standard InChI is InChI=1S/C27H25F2N3O3.CH4O/c1-34-22-14-32-15-23-25(22)26(33)20(13-31-16-24(28)29)11-21(18-5-3-2-4-6-18)27(26,35-23)19-9-7-17(12-30)8-10-19;1-2/h2-10,14-15,20-21,24,31,33H,11,13,16H2,1H3;2H,1H3. The third kappa shape index (κ3) is 4.21. The average molecular weight is 510 g/mol. The smallest absolute Gasteiger partial charge is 0.250 e. The van der Waals surface area contributed by atoms with Crippen LogP contribution < -0.4 is 14.8 Å². The molecule has 4 atom stereocenters. The number of methoxy groups -OCH3 is 1. The summed E-state index contributed by atoms with van der Waals surface area (Å²) in [5.74, 6) is -0.0551. The van der Waals surface area contributed by atoms with Gasteiger partial charge in [-0.2, -0.15) is 5.26 Å². The van der Waals surface area contributed by atoms with Gasteiger partial charge in [0.25, 0.3) is 6.43 Å². The van der Waals surface area contributed by atoms with Gasteiger partial charge in [0.15, 0.2) is 5.60 Å². The Bertz CT molecular complexity index is 1250. The predicted molar refractivity (Wildman–Crippen MR) is 132 cm³/mol. The molecule has 3 N–H and O–H groups in total. The number of aromatic nitrogens is 1. The van der Waals surface area contributed by atoms with Crippen LogP contribution in [0.5, 0.6) is 11.5 Å². The molecule has 37 heavy (non-hydrogen) atoms. The van der Waals surface area contributed by atoms with Crippen LogP contribution in [0.15, 0.2) is 67.0 Å². The van der Waals surface area contributed by atoms with E-state index in [0.717, 1.165) is 12.7 Å². The number of nitrogens with zero attached hydrogens (tertiary/aromatic N) is 2. The van der Waals surface area contributed by atoms with Crippen LogP contribution in [0.25, 0.3) is 0 Å². The van der Waals surface area contributed by atoms with E-state index in [4.69, 9.17) is 14.6 Å². The van der Waals surface area contributed by atoms with E-state index in [0.29, 0.717) is 34.6 Å². The molecule has 2 aromatic carbocycles. The molecule has 1 aliphatic heterocycles. The zero-order valence-corrected chi connectivity index (χ0v) is 20.6. The highest BCUT2D eigenvalue weighted by Crippen LogP contribution is 2.69. The van der Waals surface area contributed by atoms with Crippen molar-refractivity contribution in [2.75, 3.05) is 27.3 Å². The Labute approximate surface area is 214 Å². The molecule has 2 heterocycles. The molecule has 5 rings (SSSR count). The maximum atomic E-state index is 13.0. The first-order valence-electron chi connectivity index (χ1n) is 11.9. The summed E-state index contributed by atoms with van der Waals surface area (Å²) in [6.45, 7) is -0.329. The number of benzene rings is 2. The first-order chi connectivity index (χ1) is 18.0. The maximum Gasteiger partial charge on any atom is 0.250 e. The van der Waals surface area contributed by atoms with E-state index in [1.807, 2.05) is 30.3 Å². The number of nitrogens with one attached hydrogen (secondary N) is 1. The van der Waals surface area contributed by atoms with Crippen LogP contribution in [0, 0.1) is 17.2 Å². The number of nitriles is 1. The van der Waals surface area contributed by atoms with Gasteiger partial charge in [0, 0.05) is 25.5 Å². The minimum Gasteiger partial charge on any atom is -0.495 e. The van der Waals surface area contributed by atoms with E-state index in [1.54, 1.807) is 30.5 Å². The summed E-state index contributed by atoms with van der Waals surface area (Å²) >= 11 is 0. The van der Waals surface area contributed by atoms with E-state index < -0.39 is 30.1 Å². The number of rotatable bonds is 7. The molecule has 1 saturated carbocycles. The number of ether oxygens (including phenoxy) is 2. The number of fused-ring (bicyclic) bond motifs is 3. The fourth-order valence-electron chi connectivity index (χ4n) is 5.86. The maximum absolute atomic E-state index is 13.0. The lowest BCUT2D eigenvalue weighted by atomic mass is 9.70. The molecule has 0 saturated heterocycles. The summed E-state index contributed by atoms with van der Waals surface area (Å²) in [6, 6.07) is 18.8. The van der Waals surface area contributed by atoms with Crippen molar-refractivity contribution in [2.24, 2.45) is 5.92 Å². The van der Waals surface area contributed by atoms with Crippen molar-refractivity contribution in [1.82, 2.24) is 10.3 Å². The van der Waals surface area contributed by atoms with Gasteiger partial charge in [0.05, 0.1) is 43.2 Å². The van der Waals surface area contributed by atoms with Crippen molar-refractivity contribution < 1.29 is 28.5 Å². The van der Waals surface area contributed by atoms with Crippen molar-refractivity contribution in [3.8, 4) is 17.6 Å². The van der Waals surface area contributed by atoms with Gasteiger partial charge in [-0.1, -0.05) is 42.5 Å². The van der Waals surface area contributed by atoms with Gasteiger partial charge in [-0.15, -0.1) is 0 Å². The summed E-state index contributed by atoms with van der Waals surface area (Å²) in [6.07, 6.45) is 1.03. The van der Waals surface area contributed by atoms with Gasteiger partial charge < -0.3 is 25.0 Å². The number of alkyl halides is 2. The second kappa shape index (κ2) is 10.8. The fourth-order valence-corrected chi connectivity index (χ4v) is 5.86. The molecular weight excluding hydrogens is 480 g/mol. The topological polar surface area (TPSA) is 108 Å². The van der Waals surface area contributed by atoms with Gasteiger partial charge in [-0.25, -0.2) is 8.78 Å². The summed E-state index contributed by atoms with van der Waals surface area (Å²) in [5.41, 5.74) is -0.346. The molecule has 0 amide bonds. The molecule has 0 radical (unpaired) electrons. The molecule has 1 aromatic heterocycles. The summed E-state index contributed by atoms with van der Waals surface area (Å²) in [4.78, 5) is 4.23. The van der Waals surface area contributed by atoms with Crippen LogP contribution in [-0.2, 0) is 11.2 Å². The lowest BCUT2D eigenvalue weighted by molar-refractivity contribution is -0.127. The van der Waals surface area contributed by atoms with Crippen molar-refractivity contribution in [3.63, 3.8) is 0 Å². The quantitative estimate of drug-likeness (QED) is 0.446. The van der Waals surface area contributed by atoms with E-state index in [-0.39, 0.29) is 12.5 Å². The molecule has 194 valence electrons. The first-order valence-corrected chi connectivity index (χ1v) is 11.9. The Kier molecular flexibility index (Phi) is 7.73. The molecule has 2 aliphatic rings. The van der Waals surface area contributed by atoms with E-state index >= 15 is 0 Å². The normalized spacial score (nSPS) is 25.4. The van der Waals surface area contributed by atoms with E-state index in [2.05, 4.69) is 16.4 Å². The van der Waals surface area contributed by atoms with Crippen molar-refractivity contribution in [1.29, 1.82) is 5.26 Å². The predicted octanol–water partition coefficient (Wildman–Crippen LogP) is 3.70. The Hall–Kier alpha value is -3.58. The van der Waals surface area contributed by atoms with Crippen LogP contribution in [0.2, 0.25) is 0 Å². The second-order valence-electron chi connectivity index (χ2n) is 8.95. The third-order valence-electron chi connectivity index (χ3n) is 7.25. The van der Waals surface area contributed by atoms with E-state index in [1.165, 1.54) is 13.3 Å². The Balaban J connectivity index is 0.00000156. The third-order valence-corrected chi connectivity index (χ3v) is 7.25.